The summed E-state index contributed by atoms with van der Waals surface area (Å²) in [6.45, 7) is 7.87. The van der Waals surface area contributed by atoms with Crippen molar-refractivity contribution in [3.05, 3.63) is 75.1 Å². The lowest BCUT2D eigenvalue weighted by Crippen LogP contribution is -2.32. The highest BCUT2D eigenvalue weighted by Gasteiger charge is 2.42. The molecule has 2 aromatic carbocycles. The van der Waals surface area contributed by atoms with Gasteiger partial charge in [-0.2, -0.15) is 0 Å². The fraction of sp³-hybridized carbons (Fsp3) is 0.407. The van der Waals surface area contributed by atoms with Crippen LogP contribution in [0.3, 0.4) is 0 Å². The smallest absolute Gasteiger partial charge is 0.290 e. The molecule has 0 aliphatic carbocycles. The minimum atomic E-state index is -0.466. The number of benzene rings is 2. The first-order valence-corrected chi connectivity index (χ1v) is 11.3. The van der Waals surface area contributed by atoms with Crippen molar-refractivity contribution >= 4 is 16.9 Å². The number of rotatable bonds is 6. The van der Waals surface area contributed by atoms with Gasteiger partial charge in [-0.05, 0) is 55.7 Å². The lowest BCUT2D eigenvalue weighted by atomic mass is 9.86. The van der Waals surface area contributed by atoms with Gasteiger partial charge in [0.05, 0.1) is 24.1 Å². The minimum Gasteiger partial charge on any atom is -0.497 e. The van der Waals surface area contributed by atoms with Crippen molar-refractivity contribution in [1.82, 2.24) is 9.80 Å². The molecule has 174 valence electrons. The molecular weight excluding hydrogens is 416 g/mol. The van der Waals surface area contributed by atoms with Crippen molar-refractivity contribution in [3.8, 4) is 5.75 Å². The van der Waals surface area contributed by atoms with E-state index in [1.54, 1.807) is 30.2 Å². The van der Waals surface area contributed by atoms with Crippen molar-refractivity contribution in [1.29, 1.82) is 0 Å². The zero-order chi connectivity index (χ0) is 23.9. The molecule has 1 amide bonds. The van der Waals surface area contributed by atoms with E-state index in [2.05, 4.69) is 37.8 Å². The van der Waals surface area contributed by atoms with Gasteiger partial charge in [0, 0.05) is 12.6 Å². The van der Waals surface area contributed by atoms with Gasteiger partial charge in [-0.15, -0.1) is 0 Å². The largest absolute Gasteiger partial charge is 0.497 e. The Morgan fingerprint density at radius 2 is 1.76 bits per heavy atom. The molecule has 1 aliphatic heterocycles. The Hall–Kier alpha value is -3.12. The summed E-state index contributed by atoms with van der Waals surface area (Å²) < 4.78 is 11.3. The maximum absolute atomic E-state index is 13.6. The molecule has 0 unspecified atom stereocenters. The molecule has 6 nitrogen and oxygen atoms in total. The first-order valence-electron chi connectivity index (χ1n) is 11.3. The molecule has 0 bridgehead atoms. The van der Waals surface area contributed by atoms with E-state index < -0.39 is 6.04 Å². The van der Waals surface area contributed by atoms with Gasteiger partial charge in [0.25, 0.3) is 5.91 Å². The number of amides is 1. The summed E-state index contributed by atoms with van der Waals surface area (Å²) in [5.74, 6) is 0.471. The number of carbonyl (C=O) groups excluding carboxylic acids is 1. The third-order valence-corrected chi connectivity index (χ3v) is 6.27. The van der Waals surface area contributed by atoms with E-state index in [0.29, 0.717) is 28.8 Å². The Morgan fingerprint density at radius 3 is 2.36 bits per heavy atom. The Labute approximate surface area is 194 Å². The second-order valence-electron chi connectivity index (χ2n) is 9.97. The van der Waals surface area contributed by atoms with Crippen LogP contribution in [-0.4, -0.2) is 50.0 Å². The van der Waals surface area contributed by atoms with Crippen molar-refractivity contribution in [2.45, 2.75) is 38.6 Å². The van der Waals surface area contributed by atoms with Gasteiger partial charge in [-0.3, -0.25) is 9.59 Å². The van der Waals surface area contributed by atoms with Crippen LogP contribution < -0.4 is 10.2 Å². The third kappa shape index (κ3) is 4.27. The van der Waals surface area contributed by atoms with Crippen LogP contribution in [0.4, 0.5) is 0 Å². The molecular formula is C27H32N2O4. The molecule has 0 fully saturated rings. The van der Waals surface area contributed by atoms with E-state index >= 15 is 0 Å². The van der Waals surface area contributed by atoms with Crippen LogP contribution in [0.15, 0.2) is 51.7 Å². The molecule has 1 aromatic heterocycles. The number of nitrogens with zero attached hydrogens (tertiary/aromatic N) is 2. The SMILES string of the molecule is COc1ccc2c(=O)c3c(oc2c1)C(=O)N(CCCN(C)C)[C@H]3c1ccc(C(C)(C)C)cc1. The second kappa shape index (κ2) is 8.67. The van der Waals surface area contributed by atoms with E-state index in [-0.39, 0.29) is 22.5 Å². The highest BCUT2D eigenvalue weighted by Crippen LogP contribution is 2.39. The summed E-state index contributed by atoms with van der Waals surface area (Å²) in [7, 11) is 5.57. The summed E-state index contributed by atoms with van der Waals surface area (Å²) in [5, 5.41) is 0.453. The third-order valence-electron chi connectivity index (χ3n) is 6.27. The van der Waals surface area contributed by atoms with Crippen LogP contribution in [-0.2, 0) is 5.41 Å². The van der Waals surface area contributed by atoms with E-state index in [1.165, 1.54) is 5.56 Å². The molecule has 0 radical (unpaired) electrons. The number of ether oxygens (including phenoxy) is 1. The quantitative estimate of drug-likeness (QED) is 0.552. The maximum Gasteiger partial charge on any atom is 0.290 e. The highest BCUT2D eigenvalue weighted by atomic mass is 16.5. The molecule has 4 rings (SSSR count). The van der Waals surface area contributed by atoms with Gasteiger partial charge < -0.3 is 19.0 Å². The standard InChI is InChI=1S/C27H32N2O4/c1-27(2,3)18-10-8-17(9-11-18)23-22-24(30)20-13-12-19(32-6)16-21(20)33-25(22)26(31)29(23)15-7-14-28(4)5/h8-13,16,23H,7,14-15H2,1-6H3/t23-/m0/s1. The Balaban J connectivity index is 1.85. The molecule has 33 heavy (non-hydrogen) atoms. The minimum absolute atomic E-state index is 0.0155. The van der Waals surface area contributed by atoms with E-state index in [4.69, 9.17) is 9.15 Å². The van der Waals surface area contributed by atoms with Gasteiger partial charge in [0.2, 0.25) is 5.76 Å². The molecule has 0 spiro atoms. The molecule has 0 saturated heterocycles. The number of methoxy groups -OCH3 is 1. The van der Waals surface area contributed by atoms with E-state index in [0.717, 1.165) is 18.5 Å². The van der Waals surface area contributed by atoms with Crippen LogP contribution in [0, 0.1) is 0 Å². The summed E-state index contributed by atoms with van der Waals surface area (Å²) in [4.78, 5) is 31.0. The van der Waals surface area contributed by atoms with Crippen LogP contribution in [0.5, 0.6) is 5.75 Å². The summed E-state index contributed by atoms with van der Waals surface area (Å²) in [6, 6.07) is 12.9. The Bertz CT molecular complexity index is 1240. The average molecular weight is 449 g/mol. The van der Waals surface area contributed by atoms with E-state index in [9.17, 15) is 9.59 Å². The summed E-state index contributed by atoms with van der Waals surface area (Å²) in [6.07, 6.45) is 0.796. The first-order chi connectivity index (χ1) is 15.6. The van der Waals surface area contributed by atoms with Crippen LogP contribution in [0.1, 0.15) is 60.5 Å². The second-order valence-corrected chi connectivity index (χ2v) is 9.97. The Kier molecular flexibility index (Phi) is 6.06. The number of carbonyl (C=O) groups is 1. The van der Waals surface area contributed by atoms with E-state index in [1.807, 2.05) is 26.2 Å². The molecule has 6 heteroatoms. The normalized spacial score (nSPS) is 16.0. The zero-order valence-corrected chi connectivity index (χ0v) is 20.3. The molecule has 1 atom stereocenters. The van der Waals surface area contributed by atoms with Crippen LogP contribution in [0.2, 0.25) is 0 Å². The van der Waals surface area contributed by atoms with Gasteiger partial charge >= 0.3 is 0 Å². The molecule has 1 aliphatic rings. The lowest BCUT2D eigenvalue weighted by Gasteiger charge is -2.26. The fourth-order valence-electron chi connectivity index (χ4n) is 4.43. The molecule has 3 aromatic rings. The zero-order valence-electron chi connectivity index (χ0n) is 20.3. The molecule has 2 heterocycles. The number of hydrogen-bond donors (Lipinski definition) is 0. The van der Waals surface area contributed by atoms with Gasteiger partial charge in [0.1, 0.15) is 11.3 Å². The topological polar surface area (TPSA) is 63.0 Å². The van der Waals surface area contributed by atoms with Crippen molar-refractivity contribution in [2.75, 3.05) is 34.3 Å². The van der Waals surface area contributed by atoms with Crippen LogP contribution in [0.25, 0.3) is 11.0 Å². The van der Waals surface area contributed by atoms with Crippen molar-refractivity contribution in [3.63, 3.8) is 0 Å². The first kappa shape index (κ1) is 23.1. The summed E-state index contributed by atoms with van der Waals surface area (Å²) in [5.41, 5.74) is 2.76. The van der Waals surface area contributed by atoms with Crippen LogP contribution >= 0.6 is 0 Å². The highest BCUT2D eigenvalue weighted by molar-refractivity contribution is 5.99. The lowest BCUT2D eigenvalue weighted by molar-refractivity contribution is 0.0722. The number of hydrogen-bond acceptors (Lipinski definition) is 5. The predicted octanol–water partition coefficient (Wildman–Crippen LogP) is 4.60. The van der Waals surface area contributed by atoms with Gasteiger partial charge in [-0.25, -0.2) is 0 Å². The number of fused-ring (bicyclic) bond motifs is 2. The summed E-state index contributed by atoms with van der Waals surface area (Å²) >= 11 is 0. The molecule has 0 N–H and O–H groups in total. The maximum atomic E-state index is 13.6. The van der Waals surface area contributed by atoms with Crippen molar-refractivity contribution < 1.29 is 13.9 Å². The van der Waals surface area contributed by atoms with Crippen molar-refractivity contribution in [2.24, 2.45) is 0 Å². The fourth-order valence-corrected chi connectivity index (χ4v) is 4.43. The van der Waals surface area contributed by atoms with Gasteiger partial charge in [0.15, 0.2) is 5.43 Å². The molecule has 0 saturated carbocycles. The monoisotopic (exact) mass is 448 g/mol. The van der Waals surface area contributed by atoms with Gasteiger partial charge in [-0.1, -0.05) is 45.0 Å². The predicted molar refractivity (Wildman–Crippen MR) is 130 cm³/mol. The average Bonchev–Trinajstić information content (AvgIpc) is 3.05. The Morgan fingerprint density at radius 1 is 1.06 bits per heavy atom.